The number of hydrogen-bond acceptors (Lipinski definition) is 5. The topological polar surface area (TPSA) is 54.2 Å². The van der Waals surface area contributed by atoms with Gasteiger partial charge in [-0.15, -0.1) is 10.2 Å². The zero-order valence-electron chi connectivity index (χ0n) is 11.0. The molecule has 2 aromatic rings. The Morgan fingerprint density at radius 1 is 1.21 bits per heavy atom. The number of nitrogens with zero attached hydrogens (tertiary/aromatic N) is 3. The van der Waals surface area contributed by atoms with Crippen LogP contribution in [0.5, 0.6) is 0 Å². The van der Waals surface area contributed by atoms with Crippen LogP contribution in [0.1, 0.15) is 12.8 Å². The van der Waals surface area contributed by atoms with Crippen molar-refractivity contribution in [1.29, 1.82) is 0 Å². The van der Waals surface area contributed by atoms with E-state index >= 15 is 0 Å². The highest BCUT2D eigenvalue weighted by Gasteiger charge is 2.16. The van der Waals surface area contributed by atoms with Crippen LogP contribution >= 0.6 is 0 Å². The molecule has 0 saturated carbocycles. The molecule has 1 aliphatic rings. The molecule has 1 aliphatic heterocycles. The average molecular weight is 258 g/mol. The fourth-order valence-electron chi connectivity index (χ4n) is 2.40. The molecule has 0 spiro atoms. The van der Waals surface area contributed by atoms with Crippen molar-refractivity contribution in [2.24, 2.45) is 0 Å². The van der Waals surface area contributed by atoms with Crippen molar-refractivity contribution in [3.63, 3.8) is 0 Å². The molecule has 0 aliphatic carbocycles. The Morgan fingerprint density at radius 2 is 1.95 bits per heavy atom. The summed E-state index contributed by atoms with van der Waals surface area (Å²) in [4.78, 5) is 2.37. The Labute approximate surface area is 112 Å². The lowest BCUT2D eigenvalue weighted by Gasteiger charge is -2.30. The summed E-state index contributed by atoms with van der Waals surface area (Å²) in [6, 6.07) is 8.72. The van der Waals surface area contributed by atoms with Gasteiger partial charge in [-0.1, -0.05) is 0 Å². The molecular formula is C14H18N4O. The zero-order valence-corrected chi connectivity index (χ0v) is 11.0. The fourth-order valence-corrected chi connectivity index (χ4v) is 2.40. The molecule has 2 heterocycles. The summed E-state index contributed by atoms with van der Waals surface area (Å²) >= 11 is 0. The molecule has 0 bridgehead atoms. The largest absolute Gasteiger partial charge is 0.423 e. The molecule has 0 amide bonds. The lowest BCUT2D eigenvalue weighted by Crippen LogP contribution is -2.36. The van der Waals surface area contributed by atoms with E-state index in [-0.39, 0.29) is 0 Å². The number of anilines is 1. The predicted octanol–water partition coefficient (Wildman–Crippen LogP) is 2.24. The minimum atomic E-state index is 0.561. The van der Waals surface area contributed by atoms with Gasteiger partial charge in [0, 0.05) is 17.3 Å². The van der Waals surface area contributed by atoms with Crippen LogP contribution < -0.4 is 5.32 Å². The summed E-state index contributed by atoms with van der Waals surface area (Å²) < 4.78 is 5.17. The van der Waals surface area contributed by atoms with E-state index in [1.807, 2.05) is 12.1 Å². The normalized spacial score (nSPS) is 17.5. The first-order valence-corrected chi connectivity index (χ1v) is 6.63. The van der Waals surface area contributed by atoms with Crippen LogP contribution in [0.3, 0.4) is 0 Å². The number of likely N-dealkylation sites (tertiary alicyclic amines) is 1. The monoisotopic (exact) mass is 258 g/mol. The summed E-state index contributed by atoms with van der Waals surface area (Å²) in [6.07, 6.45) is 3.74. The third-order valence-corrected chi connectivity index (χ3v) is 3.58. The van der Waals surface area contributed by atoms with Crippen molar-refractivity contribution in [3.8, 4) is 11.5 Å². The summed E-state index contributed by atoms with van der Waals surface area (Å²) in [5.74, 6) is 0.561. The van der Waals surface area contributed by atoms with Gasteiger partial charge in [0.1, 0.15) is 0 Å². The maximum Gasteiger partial charge on any atom is 0.247 e. The van der Waals surface area contributed by atoms with Crippen LogP contribution in [0.2, 0.25) is 0 Å². The quantitative estimate of drug-likeness (QED) is 0.915. The Morgan fingerprint density at radius 3 is 2.58 bits per heavy atom. The van der Waals surface area contributed by atoms with Crippen molar-refractivity contribution in [1.82, 2.24) is 15.1 Å². The Kier molecular flexibility index (Phi) is 3.46. The summed E-state index contributed by atoms with van der Waals surface area (Å²) in [5, 5.41) is 11.2. The van der Waals surface area contributed by atoms with E-state index in [1.165, 1.54) is 19.2 Å². The van der Waals surface area contributed by atoms with Gasteiger partial charge in [-0.2, -0.15) is 0 Å². The lowest BCUT2D eigenvalue weighted by atomic mass is 10.0. The van der Waals surface area contributed by atoms with Crippen molar-refractivity contribution in [3.05, 3.63) is 30.7 Å². The van der Waals surface area contributed by atoms with Gasteiger partial charge in [0.2, 0.25) is 12.3 Å². The van der Waals surface area contributed by atoms with Gasteiger partial charge < -0.3 is 14.6 Å². The van der Waals surface area contributed by atoms with E-state index < -0.39 is 0 Å². The van der Waals surface area contributed by atoms with Crippen molar-refractivity contribution >= 4 is 5.69 Å². The molecule has 19 heavy (non-hydrogen) atoms. The van der Waals surface area contributed by atoms with E-state index in [2.05, 4.69) is 39.6 Å². The molecule has 0 unspecified atom stereocenters. The third kappa shape index (κ3) is 2.93. The van der Waals surface area contributed by atoms with Gasteiger partial charge in [0.15, 0.2) is 0 Å². The van der Waals surface area contributed by atoms with E-state index in [9.17, 15) is 0 Å². The number of aromatic nitrogens is 2. The summed E-state index contributed by atoms with van der Waals surface area (Å²) in [7, 11) is 2.18. The van der Waals surface area contributed by atoms with Crippen LogP contribution in [-0.2, 0) is 0 Å². The standard InChI is InChI=1S/C14H18N4O/c1-18-8-6-13(7-9-18)16-12-4-2-11(3-5-12)14-17-15-10-19-14/h2-5,10,13,16H,6-9H2,1H3. The van der Waals surface area contributed by atoms with Crippen LogP contribution in [-0.4, -0.2) is 41.3 Å². The van der Waals surface area contributed by atoms with E-state index in [0.29, 0.717) is 11.9 Å². The van der Waals surface area contributed by atoms with E-state index in [1.54, 1.807) is 0 Å². The van der Waals surface area contributed by atoms with Gasteiger partial charge >= 0.3 is 0 Å². The molecule has 1 saturated heterocycles. The molecule has 0 radical (unpaired) electrons. The first kappa shape index (κ1) is 12.2. The highest BCUT2D eigenvalue weighted by atomic mass is 16.4. The summed E-state index contributed by atoms with van der Waals surface area (Å²) in [6.45, 7) is 2.33. The maximum atomic E-state index is 5.17. The third-order valence-electron chi connectivity index (χ3n) is 3.58. The molecule has 1 fully saturated rings. The minimum absolute atomic E-state index is 0.561. The molecule has 100 valence electrons. The second-order valence-electron chi connectivity index (χ2n) is 5.04. The average Bonchev–Trinajstić information content (AvgIpc) is 2.96. The number of hydrogen-bond donors (Lipinski definition) is 1. The molecule has 1 N–H and O–H groups in total. The van der Waals surface area contributed by atoms with Gasteiger partial charge in [0.05, 0.1) is 0 Å². The molecule has 1 aromatic heterocycles. The molecule has 5 nitrogen and oxygen atoms in total. The second-order valence-corrected chi connectivity index (χ2v) is 5.04. The lowest BCUT2D eigenvalue weighted by molar-refractivity contribution is 0.264. The van der Waals surface area contributed by atoms with Gasteiger partial charge in [-0.25, -0.2) is 0 Å². The minimum Gasteiger partial charge on any atom is -0.423 e. The highest BCUT2D eigenvalue weighted by molar-refractivity contribution is 5.58. The van der Waals surface area contributed by atoms with Crippen molar-refractivity contribution < 1.29 is 4.42 Å². The maximum absolute atomic E-state index is 5.17. The number of nitrogens with one attached hydrogen (secondary N) is 1. The first-order chi connectivity index (χ1) is 9.31. The summed E-state index contributed by atoms with van der Waals surface area (Å²) in [5.41, 5.74) is 2.10. The zero-order chi connectivity index (χ0) is 13.1. The Balaban J connectivity index is 1.63. The second kappa shape index (κ2) is 5.40. The fraction of sp³-hybridized carbons (Fsp3) is 0.429. The van der Waals surface area contributed by atoms with Crippen LogP contribution in [0.25, 0.3) is 11.5 Å². The molecule has 5 heteroatoms. The molecule has 3 rings (SSSR count). The predicted molar refractivity (Wildman–Crippen MR) is 73.9 cm³/mol. The molecule has 1 aromatic carbocycles. The smallest absolute Gasteiger partial charge is 0.247 e. The van der Waals surface area contributed by atoms with Gasteiger partial charge in [0.25, 0.3) is 0 Å². The van der Waals surface area contributed by atoms with Gasteiger partial charge in [-0.05, 0) is 57.2 Å². The van der Waals surface area contributed by atoms with E-state index in [0.717, 1.165) is 24.3 Å². The van der Waals surface area contributed by atoms with Crippen molar-refractivity contribution in [2.75, 3.05) is 25.5 Å². The number of rotatable bonds is 3. The number of piperidine rings is 1. The van der Waals surface area contributed by atoms with Crippen molar-refractivity contribution in [2.45, 2.75) is 18.9 Å². The van der Waals surface area contributed by atoms with Crippen LogP contribution in [0.4, 0.5) is 5.69 Å². The SMILES string of the molecule is CN1CCC(Nc2ccc(-c3nnco3)cc2)CC1. The molecule has 0 atom stereocenters. The van der Waals surface area contributed by atoms with E-state index in [4.69, 9.17) is 4.42 Å². The van der Waals surface area contributed by atoms with Gasteiger partial charge in [-0.3, -0.25) is 0 Å². The highest BCUT2D eigenvalue weighted by Crippen LogP contribution is 2.21. The number of benzene rings is 1. The van der Waals surface area contributed by atoms with Crippen LogP contribution in [0.15, 0.2) is 35.1 Å². The Bertz CT molecular complexity index is 501. The van der Waals surface area contributed by atoms with Crippen LogP contribution in [0, 0.1) is 0 Å². The molecular weight excluding hydrogens is 240 g/mol. The Hall–Kier alpha value is -1.88. The first-order valence-electron chi connectivity index (χ1n) is 6.63.